The molecule has 124 valence electrons. The van der Waals surface area contributed by atoms with Crippen molar-refractivity contribution in [1.82, 2.24) is 19.7 Å². The third-order valence-corrected chi connectivity index (χ3v) is 3.94. The van der Waals surface area contributed by atoms with Gasteiger partial charge in [0.05, 0.1) is 12.2 Å². The van der Waals surface area contributed by atoms with Crippen molar-refractivity contribution in [1.29, 1.82) is 0 Å². The lowest BCUT2D eigenvalue weighted by molar-refractivity contribution is 0.0912. The molecule has 0 unspecified atom stereocenters. The van der Waals surface area contributed by atoms with E-state index >= 15 is 0 Å². The average molecular weight is 322 g/mol. The first-order chi connectivity index (χ1) is 11.7. The zero-order valence-corrected chi connectivity index (χ0v) is 13.9. The molecule has 2 aromatic heterocycles. The van der Waals surface area contributed by atoms with Gasteiger partial charge >= 0.3 is 0 Å². The summed E-state index contributed by atoms with van der Waals surface area (Å²) in [5, 5.41) is 7.86. The molecule has 0 atom stereocenters. The van der Waals surface area contributed by atoms with Crippen LogP contribution in [0.25, 0.3) is 11.3 Å². The lowest BCUT2D eigenvalue weighted by Gasteiger charge is -2.06. The van der Waals surface area contributed by atoms with Gasteiger partial charge in [0.2, 0.25) is 5.91 Å². The zero-order valence-electron chi connectivity index (χ0n) is 13.9. The summed E-state index contributed by atoms with van der Waals surface area (Å²) in [5.74, 6) is 0.0571. The van der Waals surface area contributed by atoms with E-state index in [2.05, 4.69) is 35.5 Å². The van der Waals surface area contributed by atoms with E-state index in [9.17, 15) is 4.79 Å². The number of carbonyl (C=O) groups excluding carboxylic acids is 1. The Bertz CT molecular complexity index is 775. The number of nitrogens with zero attached hydrogens (tertiary/aromatic N) is 3. The minimum Gasteiger partial charge on any atom is -0.308 e. The maximum absolute atomic E-state index is 11.8. The van der Waals surface area contributed by atoms with Crippen LogP contribution in [0.1, 0.15) is 16.9 Å². The molecule has 0 saturated heterocycles. The molecule has 2 heterocycles. The Morgan fingerprint density at radius 1 is 1.12 bits per heavy atom. The fraction of sp³-hybridized carbons (Fsp3) is 0.263. The average Bonchev–Trinajstić information content (AvgIpc) is 3.25. The predicted molar refractivity (Wildman–Crippen MR) is 94.9 cm³/mol. The summed E-state index contributed by atoms with van der Waals surface area (Å²) in [6, 6.07) is 16.0. The Balaban J connectivity index is 1.45. The van der Waals surface area contributed by atoms with E-state index in [1.54, 1.807) is 17.0 Å². The fourth-order valence-electron chi connectivity index (χ4n) is 2.63. The summed E-state index contributed by atoms with van der Waals surface area (Å²) in [6.07, 6.45) is 4.46. The molecule has 5 nitrogen and oxygen atoms in total. The second-order valence-electron chi connectivity index (χ2n) is 5.77. The Morgan fingerprint density at radius 2 is 1.88 bits per heavy atom. The van der Waals surface area contributed by atoms with Crippen LogP contribution in [0.5, 0.6) is 0 Å². The normalized spacial score (nSPS) is 10.9. The standard InChI is InChI=1S/C19H22N4O/c1-16-14-18(17-8-3-2-4-9-17)21-23(16)13-7-10-20-15-19(24)22-11-5-6-12-22/h2-6,8-9,11-12,14,20H,7,10,13,15H2,1H3. The highest BCUT2D eigenvalue weighted by Crippen LogP contribution is 2.18. The zero-order chi connectivity index (χ0) is 16.8. The van der Waals surface area contributed by atoms with Gasteiger partial charge in [-0.3, -0.25) is 14.0 Å². The van der Waals surface area contributed by atoms with Gasteiger partial charge in [-0.15, -0.1) is 0 Å². The second kappa shape index (κ2) is 7.75. The Morgan fingerprint density at radius 3 is 2.62 bits per heavy atom. The van der Waals surface area contributed by atoms with Gasteiger partial charge in [0.1, 0.15) is 0 Å². The van der Waals surface area contributed by atoms with Crippen molar-refractivity contribution in [2.24, 2.45) is 0 Å². The molecule has 0 saturated carbocycles. The predicted octanol–water partition coefficient (Wildman–Crippen LogP) is 2.98. The van der Waals surface area contributed by atoms with Crippen LogP contribution in [0.4, 0.5) is 0 Å². The molecule has 3 rings (SSSR count). The van der Waals surface area contributed by atoms with Crippen molar-refractivity contribution in [2.45, 2.75) is 19.9 Å². The summed E-state index contributed by atoms with van der Waals surface area (Å²) in [6.45, 7) is 4.04. The summed E-state index contributed by atoms with van der Waals surface area (Å²) in [5.41, 5.74) is 3.29. The van der Waals surface area contributed by atoms with Gasteiger partial charge in [-0.25, -0.2) is 0 Å². The Hall–Kier alpha value is -2.66. The highest BCUT2D eigenvalue weighted by atomic mass is 16.2. The van der Waals surface area contributed by atoms with Gasteiger partial charge < -0.3 is 5.32 Å². The van der Waals surface area contributed by atoms with Crippen molar-refractivity contribution in [3.05, 3.63) is 66.6 Å². The van der Waals surface area contributed by atoms with E-state index in [1.807, 2.05) is 35.0 Å². The number of aromatic nitrogens is 3. The highest BCUT2D eigenvalue weighted by molar-refractivity contribution is 5.80. The molecule has 0 amide bonds. The van der Waals surface area contributed by atoms with E-state index < -0.39 is 0 Å². The third kappa shape index (κ3) is 4.00. The molecule has 0 fully saturated rings. The van der Waals surface area contributed by atoms with E-state index in [4.69, 9.17) is 0 Å². The van der Waals surface area contributed by atoms with Crippen LogP contribution in [0.15, 0.2) is 60.9 Å². The molecule has 0 aliphatic carbocycles. The van der Waals surface area contributed by atoms with Crippen molar-refractivity contribution in [3.8, 4) is 11.3 Å². The summed E-state index contributed by atoms with van der Waals surface area (Å²) in [4.78, 5) is 11.8. The van der Waals surface area contributed by atoms with Crippen LogP contribution >= 0.6 is 0 Å². The molecule has 1 aromatic carbocycles. The van der Waals surface area contributed by atoms with Crippen LogP contribution in [-0.4, -0.2) is 33.3 Å². The van der Waals surface area contributed by atoms with Crippen LogP contribution < -0.4 is 5.32 Å². The smallest absolute Gasteiger partial charge is 0.244 e. The van der Waals surface area contributed by atoms with Crippen molar-refractivity contribution >= 4 is 5.91 Å². The molecule has 3 aromatic rings. The molecular formula is C19H22N4O. The highest BCUT2D eigenvalue weighted by Gasteiger charge is 2.06. The van der Waals surface area contributed by atoms with Crippen LogP contribution in [0.3, 0.4) is 0 Å². The van der Waals surface area contributed by atoms with Crippen molar-refractivity contribution in [3.63, 3.8) is 0 Å². The number of carbonyl (C=O) groups is 1. The SMILES string of the molecule is Cc1cc(-c2ccccc2)nn1CCCNCC(=O)n1cccc1. The molecule has 0 spiro atoms. The van der Waals surface area contributed by atoms with Crippen LogP contribution in [0.2, 0.25) is 0 Å². The summed E-state index contributed by atoms with van der Waals surface area (Å²) in [7, 11) is 0. The fourth-order valence-corrected chi connectivity index (χ4v) is 2.63. The van der Waals surface area contributed by atoms with E-state index in [0.29, 0.717) is 6.54 Å². The maximum atomic E-state index is 11.8. The molecule has 0 bridgehead atoms. The number of nitrogens with one attached hydrogen (secondary N) is 1. The van der Waals surface area contributed by atoms with E-state index in [1.165, 1.54) is 0 Å². The maximum Gasteiger partial charge on any atom is 0.244 e. The van der Waals surface area contributed by atoms with Crippen molar-refractivity contribution < 1.29 is 4.79 Å². The van der Waals surface area contributed by atoms with Gasteiger partial charge in [0, 0.05) is 30.2 Å². The molecule has 0 radical (unpaired) electrons. The summed E-state index contributed by atoms with van der Waals surface area (Å²) >= 11 is 0. The summed E-state index contributed by atoms with van der Waals surface area (Å²) < 4.78 is 3.62. The largest absolute Gasteiger partial charge is 0.308 e. The molecule has 1 N–H and O–H groups in total. The number of benzene rings is 1. The quantitative estimate of drug-likeness (QED) is 0.680. The van der Waals surface area contributed by atoms with Crippen LogP contribution in [0, 0.1) is 6.92 Å². The van der Waals surface area contributed by atoms with E-state index in [-0.39, 0.29) is 5.91 Å². The Kier molecular flexibility index (Phi) is 5.23. The minimum atomic E-state index is 0.0571. The molecule has 0 aliphatic rings. The lowest BCUT2D eigenvalue weighted by atomic mass is 10.1. The van der Waals surface area contributed by atoms with Gasteiger partial charge in [-0.1, -0.05) is 30.3 Å². The van der Waals surface area contributed by atoms with Gasteiger partial charge in [-0.05, 0) is 38.1 Å². The van der Waals surface area contributed by atoms with E-state index in [0.717, 1.165) is 36.5 Å². The van der Waals surface area contributed by atoms with Gasteiger partial charge in [-0.2, -0.15) is 5.10 Å². The Labute approximate surface area is 141 Å². The number of hydrogen-bond donors (Lipinski definition) is 1. The molecule has 5 heteroatoms. The number of hydrogen-bond acceptors (Lipinski definition) is 3. The third-order valence-electron chi connectivity index (χ3n) is 3.94. The monoisotopic (exact) mass is 322 g/mol. The van der Waals surface area contributed by atoms with Crippen molar-refractivity contribution in [2.75, 3.05) is 13.1 Å². The number of aryl methyl sites for hydroxylation is 2. The second-order valence-corrected chi connectivity index (χ2v) is 5.77. The lowest BCUT2D eigenvalue weighted by Crippen LogP contribution is -2.28. The van der Waals surface area contributed by atoms with Gasteiger partial charge in [0.25, 0.3) is 0 Å². The molecule has 0 aliphatic heterocycles. The first kappa shape index (κ1) is 16.2. The molecular weight excluding hydrogens is 300 g/mol. The molecule has 24 heavy (non-hydrogen) atoms. The van der Waals surface area contributed by atoms with Gasteiger partial charge in [0.15, 0.2) is 0 Å². The van der Waals surface area contributed by atoms with Crippen LogP contribution in [-0.2, 0) is 6.54 Å². The number of rotatable bonds is 7. The first-order valence-corrected chi connectivity index (χ1v) is 8.21. The first-order valence-electron chi connectivity index (χ1n) is 8.21. The minimum absolute atomic E-state index is 0.0571. The topological polar surface area (TPSA) is 51.9 Å².